The molecule has 1 aliphatic carbocycles. The van der Waals surface area contributed by atoms with Crippen LogP contribution < -0.4 is 5.32 Å². The number of hydrogen-bond acceptors (Lipinski definition) is 4. The van der Waals surface area contributed by atoms with Crippen molar-refractivity contribution in [2.24, 2.45) is 5.41 Å². The second-order valence-corrected chi connectivity index (χ2v) is 6.60. The lowest BCUT2D eigenvalue weighted by Gasteiger charge is -2.22. The van der Waals surface area contributed by atoms with E-state index in [1.807, 2.05) is 0 Å². The molecule has 1 saturated carbocycles. The van der Waals surface area contributed by atoms with E-state index in [2.05, 4.69) is 10.3 Å². The molecule has 1 amide bonds. The van der Waals surface area contributed by atoms with E-state index >= 15 is 0 Å². The first-order chi connectivity index (χ1) is 11.2. The van der Waals surface area contributed by atoms with Crippen molar-refractivity contribution in [1.82, 2.24) is 9.88 Å². The Hall–Kier alpha value is -2.30. The maximum Gasteiger partial charge on any atom is 0.417 e. The predicted octanol–water partition coefficient (Wildman–Crippen LogP) is 2.78. The summed E-state index contributed by atoms with van der Waals surface area (Å²) >= 11 is 0. The molecule has 128 valence electrons. The topological polar surface area (TPSA) is 69.0 Å². The van der Waals surface area contributed by atoms with Gasteiger partial charge in [-0.15, -0.1) is 0 Å². The van der Waals surface area contributed by atoms with E-state index in [0.717, 1.165) is 38.1 Å². The number of carbonyl (C=O) groups excluding carboxylic acids is 1. The Bertz CT molecular complexity index is 706. The van der Waals surface area contributed by atoms with E-state index in [9.17, 15) is 18.0 Å². The third kappa shape index (κ3) is 3.16. The number of aromatic nitrogens is 1. The SMILES string of the molecule is C[C@@H](Nc1cc(C(F)(F)F)c(C#N)cn1)C(=O)N1CCC2(CC2)C1. The van der Waals surface area contributed by atoms with E-state index in [1.54, 1.807) is 11.8 Å². The summed E-state index contributed by atoms with van der Waals surface area (Å²) in [6.07, 6.45) is -0.489. The standard InChI is InChI=1S/C16H17F3N4O/c1-10(14(24)23-5-4-15(9-23)2-3-15)22-13-6-12(16(17,18)19)11(7-20)8-21-13/h6,8,10H,2-5,9H2,1H3,(H,21,22)/t10-/m1/s1. The number of hydrogen-bond donors (Lipinski definition) is 1. The highest BCUT2D eigenvalue weighted by Crippen LogP contribution is 2.52. The summed E-state index contributed by atoms with van der Waals surface area (Å²) in [6.45, 7) is 3.03. The van der Waals surface area contributed by atoms with Crippen molar-refractivity contribution in [2.75, 3.05) is 18.4 Å². The summed E-state index contributed by atoms with van der Waals surface area (Å²) < 4.78 is 38.9. The van der Waals surface area contributed by atoms with Crippen molar-refractivity contribution in [2.45, 2.75) is 38.4 Å². The zero-order chi connectivity index (χ0) is 17.5. The molecule has 0 aromatic carbocycles. The van der Waals surface area contributed by atoms with Gasteiger partial charge in [0.15, 0.2) is 0 Å². The highest BCUT2D eigenvalue weighted by molar-refractivity contribution is 5.84. The Morgan fingerprint density at radius 3 is 2.71 bits per heavy atom. The molecule has 0 unspecified atom stereocenters. The smallest absolute Gasteiger partial charge is 0.359 e. The molecule has 1 saturated heterocycles. The third-order valence-electron chi connectivity index (χ3n) is 4.77. The number of nitrogens with zero attached hydrogens (tertiary/aromatic N) is 3. The van der Waals surface area contributed by atoms with Gasteiger partial charge >= 0.3 is 6.18 Å². The van der Waals surface area contributed by atoms with E-state index in [4.69, 9.17) is 5.26 Å². The molecule has 24 heavy (non-hydrogen) atoms. The lowest BCUT2D eigenvalue weighted by atomic mass is 10.1. The summed E-state index contributed by atoms with van der Waals surface area (Å²) in [7, 11) is 0. The lowest BCUT2D eigenvalue weighted by Crippen LogP contribution is -2.40. The monoisotopic (exact) mass is 338 g/mol. The van der Waals surface area contributed by atoms with Gasteiger partial charge in [-0.1, -0.05) is 0 Å². The van der Waals surface area contributed by atoms with Crippen molar-refractivity contribution < 1.29 is 18.0 Å². The Balaban J connectivity index is 1.71. The summed E-state index contributed by atoms with van der Waals surface area (Å²) in [5.41, 5.74) is -1.30. The molecule has 1 aliphatic heterocycles. The molecule has 3 rings (SSSR count). The molecule has 0 bridgehead atoms. The van der Waals surface area contributed by atoms with Crippen LogP contribution >= 0.6 is 0 Å². The molecule has 2 aliphatic rings. The van der Waals surface area contributed by atoms with E-state index in [0.29, 0.717) is 12.0 Å². The normalized spacial score (nSPS) is 19.9. The van der Waals surface area contributed by atoms with Gasteiger partial charge in [-0.05, 0) is 37.7 Å². The molecule has 5 nitrogen and oxygen atoms in total. The summed E-state index contributed by atoms with van der Waals surface area (Å²) in [5.74, 6) is -0.207. The van der Waals surface area contributed by atoms with Gasteiger partial charge in [0.25, 0.3) is 0 Å². The summed E-state index contributed by atoms with van der Waals surface area (Å²) in [4.78, 5) is 18.0. The molecule has 1 aromatic heterocycles. The van der Waals surface area contributed by atoms with Gasteiger partial charge in [-0.2, -0.15) is 18.4 Å². The predicted molar refractivity (Wildman–Crippen MR) is 79.9 cm³/mol. The first-order valence-electron chi connectivity index (χ1n) is 7.77. The largest absolute Gasteiger partial charge is 0.417 e. The second-order valence-electron chi connectivity index (χ2n) is 6.60. The van der Waals surface area contributed by atoms with Gasteiger partial charge in [-0.25, -0.2) is 4.98 Å². The lowest BCUT2D eigenvalue weighted by molar-refractivity contribution is -0.137. The zero-order valence-electron chi connectivity index (χ0n) is 13.2. The van der Waals surface area contributed by atoms with Crippen molar-refractivity contribution in [3.05, 3.63) is 23.4 Å². The molecule has 8 heteroatoms. The fourth-order valence-corrected chi connectivity index (χ4v) is 3.12. The highest BCUT2D eigenvalue weighted by atomic mass is 19.4. The minimum atomic E-state index is -4.65. The van der Waals surface area contributed by atoms with E-state index in [-0.39, 0.29) is 11.7 Å². The van der Waals surface area contributed by atoms with Crippen LogP contribution in [0.2, 0.25) is 0 Å². The van der Waals surface area contributed by atoms with E-state index < -0.39 is 23.3 Å². The number of carbonyl (C=O) groups is 1. The van der Waals surface area contributed by atoms with Gasteiger partial charge in [0.1, 0.15) is 17.9 Å². The van der Waals surface area contributed by atoms with Gasteiger partial charge < -0.3 is 10.2 Å². The third-order valence-corrected chi connectivity index (χ3v) is 4.77. The molecule has 2 fully saturated rings. The first kappa shape index (κ1) is 16.6. The number of nitriles is 1. The number of amides is 1. The molecule has 1 N–H and O–H groups in total. The molecule has 1 spiro atoms. The zero-order valence-corrected chi connectivity index (χ0v) is 13.2. The highest BCUT2D eigenvalue weighted by Gasteiger charge is 2.49. The van der Waals surface area contributed by atoms with Crippen LogP contribution in [0.25, 0.3) is 0 Å². The van der Waals surface area contributed by atoms with Crippen LogP contribution in [-0.2, 0) is 11.0 Å². The van der Waals surface area contributed by atoms with Crippen LogP contribution in [0.4, 0.5) is 19.0 Å². The van der Waals surface area contributed by atoms with Gasteiger partial charge in [0.2, 0.25) is 5.91 Å². The number of halogens is 3. The summed E-state index contributed by atoms with van der Waals surface area (Å²) in [6, 6.07) is 1.57. The fourth-order valence-electron chi connectivity index (χ4n) is 3.12. The number of pyridine rings is 1. The second kappa shape index (κ2) is 5.65. The van der Waals surface area contributed by atoms with Gasteiger partial charge in [0, 0.05) is 19.3 Å². The van der Waals surface area contributed by atoms with Gasteiger partial charge in [-0.3, -0.25) is 4.79 Å². The number of likely N-dealkylation sites (tertiary alicyclic amines) is 1. The maximum atomic E-state index is 13.0. The average Bonchev–Trinajstić information content (AvgIpc) is 3.15. The molecule has 1 aromatic rings. The Labute approximate surface area is 137 Å². The van der Waals surface area contributed by atoms with Crippen LogP contribution in [0, 0.1) is 16.7 Å². The van der Waals surface area contributed by atoms with E-state index in [1.165, 1.54) is 6.07 Å². The van der Waals surface area contributed by atoms with Crippen molar-refractivity contribution >= 4 is 11.7 Å². The quantitative estimate of drug-likeness (QED) is 0.920. The minimum Gasteiger partial charge on any atom is -0.359 e. The molecular weight excluding hydrogens is 321 g/mol. The Morgan fingerprint density at radius 2 is 2.17 bits per heavy atom. The Morgan fingerprint density at radius 1 is 1.46 bits per heavy atom. The number of anilines is 1. The molecule has 2 heterocycles. The molecular formula is C16H17F3N4O. The average molecular weight is 338 g/mol. The summed E-state index contributed by atoms with van der Waals surface area (Å²) in [5, 5.41) is 11.5. The van der Waals surface area contributed by atoms with Crippen molar-refractivity contribution in [1.29, 1.82) is 5.26 Å². The van der Waals surface area contributed by atoms with Gasteiger partial charge in [0.05, 0.1) is 11.1 Å². The number of rotatable bonds is 3. The maximum absolute atomic E-state index is 13.0. The minimum absolute atomic E-state index is 0.0671. The van der Waals surface area contributed by atoms with Crippen LogP contribution in [0.1, 0.15) is 37.3 Å². The fraction of sp³-hybridized carbons (Fsp3) is 0.562. The van der Waals surface area contributed by atoms with Crippen LogP contribution in [0.5, 0.6) is 0 Å². The van der Waals surface area contributed by atoms with Crippen LogP contribution in [-0.4, -0.2) is 34.9 Å². The Kier molecular flexibility index (Phi) is 3.90. The molecule has 0 radical (unpaired) electrons. The first-order valence-corrected chi connectivity index (χ1v) is 7.77. The number of nitrogens with one attached hydrogen (secondary N) is 1. The van der Waals surface area contributed by atoms with Crippen molar-refractivity contribution in [3.63, 3.8) is 0 Å². The molecule has 1 atom stereocenters. The van der Waals surface area contributed by atoms with Crippen LogP contribution in [0.15, 0.2) is 12.3 Å². The van der Waals surface area contributed by atoms with Crippen molar-refractivity contribution in [3.8, 4) is 6.07 Å². The number of alkyl halides is 3. The van der Waals surface area contributed by atoms with Crippen LogP contribution in [0.3, 0.4) is 0 Å².